The maximum absolute atomic E-state index is 4.53. The van der Waals surface area contributed by atoms with Crippen molar-refractivity contribution in [1.29, 1.82) is 0 Å². The summed E-state index contributed by atoms with van der Waals surface area (Å²) in [6.07, 6.45) is 5.74. The molecular formula is C16H30N4. The Morgan fingerprint density at radius 1 is 1.00 bits per heavy atom. The van der Waals surface area contributed by atoms with Gasteiger partial charge in [-0.3, -0.25) is 0 Å². The molecule has 4 heteroatoms. The lowest BCUT2D eigenvalue weighted by atomic mass is 10.1. The molecule has 0 saturated heterocycles. The highest BCUT2D eigenvalue weighted by molar-refractivity contribution is 5.47. The first-order valence-electron chi connectivity index (χ1n) is 8.01. The van der Waals surface area contributed by atoms with Gasteiger partial charge in [-0.1, -0.05) is 40.5 Å². The van der Waals surface area contributed by atoms with Gasteiger partial charge in [0.15, 0.2) is 0 Å². The summed E-state index contributed by atoms with van der Waals surface area (Å²) in [6, 6.07) is 2.01. The molecule has 0 radical (unpaired) electrons. The summed E-state index contributed by atoms with van der Waals surface area (Å²) < 4.78 is 0. The third-order valence-electron chi connectivity index (χ3n) is 3.16. The summed E-state index contributed by atoms with van der Waals surface area (Å²) in [4.78, 5) is 9.03. The molecule has 2 N–H and O–H groups in total. The summed E-state index contributed by atoms with van der Waals surface area (Å²) in [5, 5.41) is 6.75. The van der Waals surface area contributed by atoms with Crippen molar-refractivity contribution in [2.45, 2.75) is 59.8 Å². The van der Waals surface area contributed by atoms with Crippen LogP contribution in [0.25, 0.3) is 0 Å². The van der Waals surface area contributed by atoms with Crippen LogP contribution in [-0.4, -0.2) is 23.1 Å². The monoisotopic (exact) mass is 278 g/mol. The zero-order valence-electron chi connectivity index (χ0n) is 13.5. The molecule has 0 amide bonds. The van der Waals surface area contributed by atoms with E-state index < -0.39 is 0 Å². The minimum Gasteiger partial charge on any atom is -0.370 e. The van der Waals surface area contributed by atoms with Crippen LogP contribution in [-0.2, 0) is 6.42 Å². The fourth-order valence-electron chi connectivity index (χ4n) is 1.98. The van der Waals surface area contributed by atoms with Crippen LogP contribution in [0, 0.1) is 5.92 Å². The van der Waals surface area contributed by atoms with Crippen LogP contribution in [0.3, 0.4) is 0 Å². The summed E-state index contributed by atoms with van der Waals surface area (Å²) in [5.41, 5.74) is 0. The highest BCUT2D eigenvalue weighted by Crippen LogP contribution is 2.13. The second kappa shape index (κ2) is 9.56. The molecule has 0 fully saturated rings. The van der Waals surface area contributed by atoms with E-state index in [9.17, 15) is 0 Å². The Morgan fingerprint density at radius 2 is 1.65 bits per heavy atom. The minimum absolute atomic E-state index is 0.797. The standard InChI is InChI=1S/C16H30N4/c1-5-10-17-15-12-16(20-14(6-2)19-15)18-11-8-7-9-13(3)4/h12-13H,5-11H2,1-4H3,(H2,17,18,19,20). The van der Waals surface area contributed by atoms with Crippen molar-refractivity contribution < 1.29 is 0 Å². The maximum atomic E-state index is 4.53. The van der Waals surface area contributed by atoms with Crippen LogP contribution < -0.4 is 10.6 Å². The fourth-order valence-corrected chi connectivity index (χ4v) is 1.98. The van der Waals surface area contributed by atoms with E-state index in [1.165, 1.54) is 19.3 Å². The zero-order valence-corrected chi connectivity index (χ0v) is 13.5. The third kappa shape index (κ3) is 6.73. The smallest absolute Gasteiger partial charge is 0.132 e. The lowest BCUT2D eigenvalue weighted by Gasteiger charge is -2.11. The Balaban J connectivity index is 2.46. The van der Waals surface area contributed by atoms with Gasteiger partial charge >= 0.3 is 0 Å². The summed E-state index contributed by atoms with van der Waals surface area (Å²) in [5.74, 6) is 3.57. The average molecular weight is 278 g/mol. The number of hydrogen-bond acceptors (Lipinski definition) is 4. The van der Waals surface area contributed by atoms with E-state index in [0.717, 1.165) is 49.3 Å². The molecule has 4 nitrogen and oxygen atoms in total. The lowest BCUT2D eigenvalue weighted by molar-refractivity contribution is 0.544. The third-order valence-corrected chi connectivity index (χ3v) is 3.16. The first kappa shape index (κ1) is 16.7. The Bertz CT molecular complexity index is 377. The van der Waals surface area contributed by atoms with Crippen molar-refractivity contribution in [3.63, 3.8) is 0 Å². The zero-order chi connectivity index (χ0) is 14.8. The van der Waals surface area contributed by atoms with Crippen molar-refractivity contribution in [2.75, 3.05) is 23.7 Å². The predicted molar refractivity (Wildman–Crippen MR) is 87.4 cm³/mol. The van der Waals surface area contributed by atoms with E-state index in [0.29, 0.717) is 0 Å². The lowest BCUT2D eigenvalue weighted by Crippen LogP contribution is -2.09. The van der Waals surface area contributed by atoms with E-state index in [1.807, 2.05) is 6.07 Å². The molecule has 0 bridgehead atoms. The van der Waals surface area contributed by atoms with Gasteiger partial charge in [-0.15, -0.1) is 0 Å². The molecule has 0 aliphatic heterocycles. The average Bonchev–Trinajstić information content (AvgIpc) is 2.44. The van der Waals surface area contributed by atoms with Gasteiger partial charge in [-0.05, 0) is 18.8 Å². The molecule has 0 saturated carbocycles. The van der Waals surface area contributed by atoms with Crippen molar-refractivity contribution >= 4 is 11.6 Å². The molecule has 1 aromatic rings. The Morgan fingerprint density at radius 3 is 2.20 bits per heavy atom. The van der Waals surface area contributed by atoms with Crippen LogP contribution in [0.5, 0.6) is 0 Å². The van der Waals surface area contributed by atoms with Crippen LogP contribution in [0.2, 0.25) is 0 Å². The van der Waals surface area contributed by atoms with Gasteiger partial charge in [-0.2, -0.15) is 0 Å². The largest absolute Gasteiger partial charge is 0.370 e. The molecule has 114 valence electrons. The van der Waals surface area contributed by atoms with Gasteiger partial charge in [0.2, 0.25) is 0 Å². The molecule has 0 unspecified atom stereocenters. The number of aryl methyl sites for hydroxylation is 1. The maximum Gasteiger partial charge on any atom is 0.132 e. The molecule has 0 aliphatic rings. The van der Waals surface area contributed by atoms with Crippen molar-refractivity contribution in [3.05, 3.63) is 11.9 Å². The topological polar surface area (TPSA) is 49.8 Å². The quantitative estimate of drug-likeness (QED) is 0.633. The van der Waals surface area contributed by atoms with Gasteiger partial charge in [0.05, 0.1) is 0 Å². The first-order valence-corrected chi connectivity index (χ1v) is 8.01. The first-order chi connectivity index (χ1) is 9.65. The number of rotatable bonds is 10. The molecule has 1 rings (SSSR count). The molecule has 0 aliphatic carbocycles. The number of hydrogen-bond donors (Lipinski definition) is 2. The molecule has 1 aromatic heterocycles. The second-order valence-corrected chi connectivity index (χ2v) is 5.65. The number of aromatic nitrogens is 2. The number of nitrogens with one attached hydrogen (secondary N) is 2. The summed E-state index contributed by atoms with van der Waals surface area (Å²) in [7, 11) is 0. The van der Waals surface area contributed by atoms with Crippen molar-refractivity contribution in [1.82, 2.24) is 9.97 Å². The molecule has 0 spiro atoms. The normalized spacial score (nSPS) is 10.8. The minimum atomic E-state index is 0.797. The van der Waals surface area contributed by atoms with Gasteiger partial charge in [0.1, 0.15) is 17.5 Å². The molecule has 0 atom stereocenters. The van der Waals surface area contributed by atoms with E-state index >= 15 is 0 Å². The molecule has 1 heterocycles. The second-order valence-electron chi connectivity index (χ2n) is 5.65. The van der Waals surface area contributed by atoms with Crippen LogP contribution in [0.1, 0.15) is 59.2 Å². The SMILES string of the molecule is CCCNc1cc(NCCCCC(C)C)nc(CC)n1. The Hall–Kier alpha value is -1.32. The molecular weight excluding hydrogens is 248 g/mol. The van der Waals surface area contributed by atoms with Gasteiger partial charge in [-0.25, -0.2) is 9.97 Å². The van der Waals surface area contributed by atoms with Gasteiger partial charge < -0.3 is 10.6 Å². The van der Waals surface area contributed by atoms with Crippen molar-refractivity contribution in [3.8, 4) is 0 Å². The Kier molecular flexibility index (Phi) is 8.00. The molecule has 0 aromatic carbocycles. The fraction of sp³-hybridized carbons (Fsp3) is 0.750. The van der Waals surface area contributed by atoms with Crippen molar-refractivity contribution in [2.24, 2.45) is 5.92 Å². The summed E-state index contributed by atoms with van der Waals surface area (Å²) in [6.45, 7) is 10.7. The number of unbranched alkanes of at least 4 members (excludes halogenated alkanes) is 1. The van der Waals surface area contributed by atoms with Gasteiger partial charge in [0, 0.05) is 25.6 Å². The van der Waals surface area contributed by atoms with Crippen LogP contribution >= 0.6 is 0 Å². The predicted octanol–water partition coefficient (Wildman–Crippen LogP) is 4.10. The highest BCUT2D eigenvalue weighted by atomic mass is 15.1. The van der Waals surface area contributed by atoms with E-state index in [1.54, 1.807) is 0 Å². The van der Waals surface area contributed by atoms with E-state index in [4.69, 9.17) is 0 Å². The van der Waals surface area contributed by atoms with E-state index in [2.05, 4.69) is 48.3 Å². The van der Waals surface area contributed by atoms with Crippen LogP contribution in [0.4, 0.5) is 11.6 Å². The summed E-state index contributed by atoms with van der Waals surface area (Å²) >= 11 is 0. The number of nitrogens with zero attached hydrogens (tertiary/aromatic N) is 2. The number of anilines is 2. The van der Waals surface area contributed by atoms with E-state index in [-0.39, 0.29) is 0 Å². The van der Waals surface area contributed by atoms with Gasteiger partial charge in [0.25, 0.3) is 0 Å². The van der Waals surface area contributed by atoms with Crippen LogP contribution in [0.15, 0.2) is 6.07 Å². The Labute approximate surface area is 123 Å². The molecule has 20 heavy (non-hydrogen) atoms. The highest BCUT2D eigenvalue weighted by Gasteiger charge is 2.03.